The summed E-state index contributed by atoms with van der Waals surface area (Å²) < 4.78 is 41.8. The molecule has 2 fully saturated rings. The molecule has 1 aromatic heterocycles. The van der Waals surface area contributed by atoms with E-state index in [1.165, 1.54) is 23.5 Å². The number of halogens is 4. The van der Waals surface area contributed by atoms with Crippen LogP contribution >= 0.6 is 22.9 Å². The molecular formula is C26H23ClF3N5OS. The van der Waals surface area contributed by atoms with E-state index in [9.17, 15) is 18.3 Å². The zero-order valence-corrected chi connectivity index (χ0v) is 21.4. The summed E-state index contributed by atoms with van der Waals surface area (Å²) in [4.78, 5) is 9.52. The Labute approximate surface area is 220 Å². The number of benzene rings is 2. The molecule has 0 radical (unpaired) electrons. The first-order valence-electron chi connectivity index (χ1n) is 11.9. The molecule has 2 atom stereocenters. The average Bonchev–Trinajstić information content (AvgIpc) is 3.52. The number of hydrogen-bond acceptors (Lipinski definition) is 7. The lowest BCUT2D eigenvalue weighted by Gasteiger charge is -2.38. The number of rotatable bonds is 4. The van der Waals surface area contributed by atoms with E-state index in [0.717, 1.165) is 37.6 Å². The molecule has 3 aliphatic rings. The maximum absolute atomic E-state index is 13.9. The zero-order valence-electron chi connectivity index (χ0n) is 19.8. The molecule has 2 aromatic carbocycles. The van der Waals surface area contributed by atoms with Crippen LogP contribution in [-0.4, -0.2) is 53.4 Å². The number of thiazole rings is 1. The van der Waals surface area contributed by atoms with E-state index < -0.39 is 11.7 Å². The van der Waals surface area contributed by atoms with Crippen LogP contribution in [0.1, 0.15) is 34.4 Å². The number of aromatic hydroxyl groups is 1. The molecule has 6 nitrogen and oxygen atoms in total. The fourth-order valence-corrected chi connectivity index (χ4v) is 6.68. The second-order valence-corrected chi connectivity index (χ2v) is 11.1. The van der Waals surface area contributed by atoms with Gasteiger partial charge in [-0.1, -0.05) is 35.1 Å². The highest BCUT2D eigenvalue weighted by Crippen LogP contribution is 2.41. The van der Waals surface area contributed by atoms with Crippen molar-refractivity contribution in [1.29, 1.82) is 0 Å². The van der Waals surface area contributed by atoms with E-state index in [2.05, 4.69) is 32.0 Å². The van der Waals surface area contributed by atoms with Crippen LogP contribution in [0.15, 0.2) is 46.6 Å². The van der Waals surface area contributed by atoms with E-state index in [1.807, 2.05) is 6.07 Å². The first-order chi connectivity index (χ1) is 17.7. The van der Waals surface area contributed by atoms with Crippen LogP contribution in [0, 0.1) is 0 Å². The van der Waals surface area contributed by atoms with Gasteiger partial charge in [-0.2, -0.15) is 28.4 Å². The van der Waals surface area contributed by atoms with Gasteiger partial charge in [0.15, 0.2) is 5.13 Å². The summed E-state index contributed by atoms with van der Waals surface area (Å²) in [5, 5.41) is 21.0. The Morgan fingerprint density at radius 2 is 1.89 bits per heavy atom. The molecule has 0 aliphatic carbocycles. The minimum atomic E-state index is -4.57. The predicted molar refractivity (Wildman–Crippen MR) is 138 cm³/mol. The Bertz CT molecular complexity index is 1520. The van der Waals surface area contributed by atoms with Gasteiger partial charge in [0, 0.05) is 42.2 Å². The van der Waals surface area contributed by atoms with Crippen LogP contribution in [0.2, 0.25) is 5.02 Å². The Morgan fingerprint density at radius 1 is 1.14 bits per heavy atom. The standard InChI is InChI=1S/C26H23ClF3N5OS/c1-34-18-5-6-19(34)13-35(12-18)25-32-24(36)23(37-25)20(14-3-7-22-16(8-14)11-31-33-22)9-15-2-4-17(27)10-21(15)26(28,29)30/h2-4,7-8,10-11,18-19,36H,5-6,9,12-13H2,1H3/b20-14+. The SMILES string of the molecule is CN1C2CCC1CN(c1nc(O)c(/C(Cc3ccc(Cl)cc3C(F)(F)F)=c3\ccc4c(c3)C=NN=4)s1)C2. The molecule has 6 rings (SSSR count). The molecule has 3 aromatic rings. The first-order valence-corrected chi connectivity index (χ1v) is 13.1. The second kappa shape index (κ2) is 9.11. The Kier molecular flexibility index (Phi) is 6.00. The lowest BCUT2D eigenvalue weighted by atomic mass is 9.96. The molecule has 2 unspecified atom stereocenters. The third kappa shape index (κ3) is 4.51. The van der Waals surface area contributed by atoms with Gasteiger partial charge in [0.05, 0.1) is 22.0 Å². The molecule has 0 spiro atoms. The van der Waals surface area contributed by atoms with Gasteiger partial charge < -0.3 is 10.0 Å². The smallest absolute Gasteiger partial charge is 0.416 e. The summed E-state index contributed by atoms with van der Waals surface area (Å²) in [6.45, 7) is 1.61. The molecule has 0 saturated carbocycles. The van der Waals surface area contributed by atoms with E-state index in [4.69, 9.17) is 11.6 Å². The van der Waals surface area contributed by atoms with Crippen LogP contribution in [0.3, 0.4) is 0 Å². The summed E-state index contributed by atoms with van der Waals surface area (Å²) >= 11 is 7.24. The fraction of sp³-hybridized carbons (Fsp3) is 0.346. The molecule has 1 N–H and O–H groups in total. The van der Waals surface area contributed by atoms with Crippen molar-refractivity contribution in [2.24, 2.45) is 10.2 Å². The zero-order chi connectivity index (χ0) is 25.9. The molecule has 192 valence electrons. The highest BCUT2D eigenvalue weighted by molar-refractivity contribution is 7.17. The number of aromatic nitrogens is 1. The third-order valence-electron chi connectivity index (χ3n) is 7.47. The maximum atomic E-state index is 13.9. The summed E-state index contributed by atoms with van der Waals surface area (Å²) in [6.07, 6.45) is -0.787. The number of nitrogens with zero attached hydrogens (tertiary/aromatic N) is 5. The topological polar surface area (TPSA) is 64.3 Å². The number of piperazine rings is 1. The van der Waals surface area contributed by atoms with Gasteiger partial charge in [-0.3, -0.25) is 4.90 Å². The number of anilines is 1. The van der Waals surface area contributed by atoms with Gasteiger partial charge in [-0.25, -0.2) is 0 Å². The van der Waals surface area contributed by atoms with Crippen molar-refractivity contribution in [3.8, 4) is 5.88 Å². The molecule has 4 heterocycles. The van der Waals surface area contributed by atoms with E-state index >= 15 is 0 Å². The van der Waals surface area contributed by atoms with Crippen molar-refractivity contribution < 1.29 is 18.3 Å². The number of alkyl halides is 3. The summed E-state index contributed by atoms with van der Waals surface area (Å²) in [5.74, 6) is -0.178. The van der Waals surface area contributed by atoms with Crippen molar-refractivity contribution in [3.05, 3.63) is 73.6 Å². The van der Waals surface area contributed by atoms with Gasteiger partial charge >= 0.3 is 6.18 Å². The van der Waals surface area contributed by atoms with Crippen molar-refractivity contribution in [2.45, 2.75) is 37.5 Å². The third-order valence-corrected chi connectivity index (χ3v) is 8.87. The lowest BCUT2D eigenvalue weighted by molar-refractivity contribution is -0.138. The predicted octanol–water partition coefficient (Wildman–Crippen LogP) is 4.21. The van der Waals surface area contributed by atoms with Crippen molar-refractivity contribution in [3.63, 3.8) is 0 Å². The summed E-state index contributed by atoms with van der Waals surface area (Å²) in [7, 11) is 2.14. The molecular weight excluding hydrogens is 523 g/mol. The van der Waals surface area contributed by atoms with E-state index in [0.29, 0.717) is 38.2 Å². The fourth-order valence-electron chi connectivity index (χ4n) is 5.46. The van der Waals surface area contributed by atoms with Gasteiger partial charge in [0.1, 0.15) is 0 Å². The monoisotopic (exact) mass is 545 g/mol. The number of fused-ring (bicyclic) bond motifs is 3. The number of hydrogen-bond donors (Lipinski definition) is 1. The van der Waals surface area contributed by atoms with Gasteiger partial charge in [-0.15, -0.1) is 0 Å². The lowest BCUT2D eigenvalue weighted by Crippen LogP contribution is -2.51. The van der Waals surface area contributed by atoms with Gasteiger partial charge in [0.25, 0.3) is 0 Å². The van der Waals surface area contributed by atoms with Crippen molar-refractivity contribution in [1.82, 2.24) is 9.88 Å². The Hall–Kier alpha value is -2.95. The Balaban J connectivity index is 1.47. The molecule has 2 bridgehead atoms. The average molecular weight is 546 g/mol. The quantitative estimate of drug-likeness (QED) is 0.533. The van der Waals surface area contributed by atoms with Gasteiger partial charge in [0.2, 0.25) is 5.88 Å². The Morgan fingerprint density at radius 3 is 2.62 bits per heavy atom. The summed E-state index contributed by atoms with van der Waals surface area (Å²) in [6, 6.07) is 10.1. The first kappa shape index (κ1) is 24.4. The normalized spacial score (nSPS) is 21.8. The number of likely N-dealkylation sites (N-methyl/N-ethyl adjacent to an activating group) is 1. The highest BCUT2D eigenvalue weighted by Gasteiger charge is 2.39. The largest absolute Gasteiger partial charge is 0.492 e. The molecule has 2 saturated heterocycles. The van der Waals surface area contributed by atoms with Crippen LogP contribution in [0.4, 0.5) is 18.3 Å². The van der Waals surface area contributed by atoms with Crippen LogP contribution in [0.5, 0.6) is 5.88 Å². The van der Waals surface area contributed by atoms with Crippen LogP contribution < -0.4 is 15.5 Å². The molecule has 11 heteroatoms. The molecule has 0 amide bonds. The van der Waals surface area contributed by atoms with E-state index in [1.54, 1.807) is 18.3 Å². The van der Waals surface area contributed by atoms with Gasteiger partial charge in [-0.05, 0) is 60.5 Å². The van der Waals surface area contributed by atoms with Crippen LogP contribution in [0.25, 0.3) is 5.57 Å². The minimum absolute atomic E-state index is 0.0144. The summed E-state index contributed by atoms with van der Waals surface area (Å²) in [5.41, 5.74) is 0.587. The van der Waals surface area contributed by atoms with Crippen molar-refractivity contribution >= 4 is 39.9 Å². The van der Waals surface area contributed by atoms with Crippen molar-refractivity contribution in [2.75, 3.05) is 25.0 Å². The second-order valence-electron chi connectivity index (χ2n) is 9.68. The molecule has 37 heavy (non-hydrogen) atoms. The van der Waals surface area contributed by atoms with Crippen LogP contribution in [-0.2, 0) is 12.6 Å². The molecule has 3 aliphatic heterocycles. The maximum Gasteiger partial charge on any atom is 0.416 e. The minimum Gasteiger partial charge on any atom is -0.492 e. The highest BCUT2D eigenvalue weighted by atomic mass is 35.5. The van der Waals surface area contributed by atoms with E-state index in [-0.39, 0.29) is 22.9 Å².